The summed E-state index contributed by atoms with van der Waals surface area (Å²) in [5, 5.41) is 9.37. The summed E-state index contributed by atoms with van der Waals surface area (Å²) in [7, 11) is 1.65. The topological polar surface area (TPSA) is 107 Å². The van der Waals surface area contributed by atoms with Crippen molar-refractivity contribution < 1.29 is 18.0 Å². The van der Waals surface area contributed by atoms with Crippen molar-refractivity contribution >= 4 is 34.4 Å². The van der Waals surface area contributed by atoms with Gasteiger partial charge in [0.15, 0.2) is 5.65 Å². The number of aryl methyl sites for hydroxylation is 1. The van der Waals surface area contributed by atoms with Crippen LogP contribution in [0, 0.1) is 0 Å². The fourth-order valence-electron chi connectivity index (χ4n) is 2.50. The van der Waals surface area contributed by atoms with Crippen LogP contribution in [0.1, 0.15) is 5.56 Å². The van der Waals surface area contributed by atoms with Crippen LogP contribution < -0.4 is 16.2 Å². The molecule has 13 heteroatoms. The number of carbonyl (C=O) groups is 1. The Bertz CT molecular complexity index is 1110. The fourth-order valence-corrected chi connectivity index (χ4v) is 2.73. The van der Waals surface area contributed by atoms with Crippen LogP contribution in [0.15, 0.2) is 29.6 Å². The number of carbonyl (C=O) groups excluding carboxylic acids is 1. The Balaban J connectivity index is 1.52. The van der Waals surface area contributed by atoms with E-state index in [9.17, 15) is 22.8 Å². The molecule has 0 saturated heterocycles. The van der Waals surface area contributed by atoms with Crippen LogP contribution >= 0.6 is 11.6 Å². The van der Waals surface area contributed by atoms with Crippen molar-refractivity contribution in [2.75, 3.05) is 18.4 Å². The van der Waals surface area contributed by atoms with Crippen molar-refractivity contribution in [1.82, 2.24) is 29.6 Å². The molecule has 29 heavy (non-hydrogen) atoms. The molecule has 3 rings (SSSR count). The molecule has 0 unspecified atom stereocenters. The van der Waals surface area contributed by atoms with Gasteiger partial charge in [-0.25, -0.2) is 9.97 Å². The highest BCUT2D eigenvalue weighted by Crippen LogP contribution is 2.32. The number of pyridine rings is 1. The first-order valence-corrected chi connectivity index (χ1v) is 8.65. The van der Waals surface area contributed by atoms with E-state index in [4.69, 9.17) is 11.6 Å². The largest absolute Gasteiger partial charge is 0.417 e. The van der Waals surface area contributed by atoms with Crippen LogP contribution in [0.25, 0.3) is 11.0 Å². The molecule has 0 aliphatic rings. The van der Waals surface area contributed by atoms with Gasteiger partial charge in [0.05, 0.1) is 16.8 Å². The van der Waals surface area contributed by atoms with Gasteiger partial charge in [0, 0.05) is 26.3 Å². The molecule has 0 radical (unpaired) electrons. The molecule has 0 aliphatic carbocycles. The molecule has 0 aromatic carbocycles. The number of halogens is 4. The molecule has 0 aliphatic heterocycles. The lowest BCUT2D eigenvalue weighted by molar-refractivity contribution is -0.137. The van der Waals surface area contributed by atoms with E-state index in [1.807, 2.05) is 0 Å². The first-order valence-electron chi connectivity index (χ1n) is 8.27. The maximum absolute atomic E-state index is 12.6. The highest BCUT2D eigenvalue weighted by atomic mass is 35.5. The quantitative estimate of drug-likeness (QED) is 0.574. The Labute approximate surface area is 166 Å². The predicted octanol–water partition coefficient (Wildman–Crippen LogP) is 1.43. The van der Waals surface area contributed by atoms with Gasteiger partial charge in [0.2, 0.25) is 5.91 Å². The van der Waals surface area contributed by atoms with Gasteiger partial charge < -0.3 is 10.6 Å². The second kappa shape index (κ2) is 8.07. The summed E-state index contributed by atoms with van der Waals surface area (Å²) in [4.78, 5) is 32.1. The molecule has 0 spiro atoms. The third kappa shape index (κ3) is 4.65. The smallest absolute Gasteiger partial charge is 0.367 e. The molecule has 9 nitrogen and oxygen atoms in total. The third-order valence-electron chi connectivity index (χ3n) is 3.94. The molecule has 1 amide bonds. The van der Waals surface area contributed by atoms with E-state index in [0.717, 1.165) is 10.6 Å². The average molecular weight is 430 g/mol. The van der Waals surface area contributed by atoms with Crippen molar-refractivity contribution in [3.63, 3.8) is 0 Å². The summed E-state index contributed by atoms with van der Waals surface area (Å²) in [6, 6.07) is 0.767. The van der Waals surface area contributed by atoms with E-state index in [-0.39, 0.29) is 30.5 Å². The lowest BCUT2D eigenvalue weighted by Gasteiger charge is -2.11. The number of rotatable bonds is 6. The van der Waals surface area contributed by atoms with E-state index < -0.39 is 23.2 Å². The zero-order chi connectivity index (χ0) is 21.2. The maximum atomic E-state index is 12.6. The van der Waals surface area contributed by atoms with E-state index in [1.165, 1.54) is 17.2 Å². The molecular formula is C16H15ClF3N7O2. The lowest BCUT2D eigenvalue weighted by atomic mass is 10.3. The monoisotopic (exact) mass is 429 g/mol. The van der Waals surface area contributed by atoms with E-state index in [1.54, 1.807) is 7.05 Å². The maximum Gasteiger partial charge on any atom is 0.417 e. The molecule has 0 atom stereocenters. The van der Waals surface area contributed by atoms with Crippen LogP contribution in [0.3, 0.4) is 0 Å². The minimum Gasteiger partial charge on any atom is -0.367 e. The number of amides is 1. The molecule has 0 fully saturated rings. The van der Waals surface area contributed by atoms with Crippen molar-refractivity contribution in [2.45, 2.75) is 12.7 Å². The van der Waals surface area contributed by atoms with Gasteiger partial charge in [-0.15, -0.1) is 0 Å². The van der Waals surface area contributed by atoms with Crippen LogP contribution in [0.2, 0.25) is 5.02 Å². The third-order valence-corrected chi connectivity index (χ3v) is 4.23. The summed E-state index contributed by atoms with van der Waals surface area (Å²) in [6.45, 7) is 0.0593. The molecule has 2 N–H and O–H groups in total. The number of aromatic nitrogens is 5. The number of hydrogen-bond acceptors (Lipinski definition) is 6. The Morgan fingerprint density at radius 1 is 1.24 bits per heavy atom. The Kier molecular flexibility index (Phi) is 5.73. The molecule has 3 aromatic rings. The highest BCUT2D eigenvalue weighted by molar-refractivity contribution is 6.32. The van der Waals surface area contributed by atoms with Crippen molar-refractivity contribution in [3.05, 3.63) is 45.7 Å². The van der Waals surface area contributed by atoms with Crippen LogP contribution in [-0.2, 0) is 24.6 Å². The molecule has 3 heterocycles. The minimum atomic E-state index is -4.53. The summed E-state index contributed by atoms with van der Waals surface area (Å²) in [6.07, 6.45) is -1.23. The van der Waals surface area contributed by atoms with Crippen molar-refractivity contribution in [1.29, 1.82) is 0 Å². The Morgan fingerprint density at radius 2 is 2.00 bits per heavy atom. The number of anilines is 1. The van der Waals surface area contributed by atoms with Gasteiger partial charge in [-0.05, 0) is 6.07 Å². The zero-order valence-electron chi connectivity index (χ0n) is 15.0. The summed E-state index contributed by atoms with van der Waals surface area (Å²) in [5.74, 6) is -0.373. The van der Waals surface area contributed by atoms with Crippen LogP contribution in [0.5, 0.6) is 0 Å². The second-order valence-corrected chi connectivity index (χ2v) is 6.42. The van der Waals surface area contributed by atoms with Gasteiger partial charge >= 0.3 is 6.18 Å². The summed E-state index contributed by atoms with van der Waals surface area (Å²) in [5.41, 5.74) is -0.931. The number of fused-ring (bicyclic) bond motifs is 1. The van der Waals surface area contributed by atoms with Gasteiger partial charge in [-0.2, -0.15) is 18.3 Å². The zero-order valence-corrected chi connectivity index (χ0v) is 15.8. The highest BCUT2D eigenvalue weighted by Gasteiger charge is 2.31. The first-order chi connectivity index (χ1) is 13.7. The van der Waals surface area contributed by atoms with Crippen LogP contribution in [0.4, 0.5) is 19.0 Å². The van der Waals surface area contributed by atoms with Gasteiger partial charge in [-0.3, -0.25) is 18.8 Å². The molecule has 0 bridgehead atoms. The van der Waals surface area contributed by atoms with Crippen LogP contribution in [-0.4, -0.2) is 43.3 Å². The lowest BCUT2D eigenvalue weighted by Crippen LogP contribution is -2.35. The average Bonchev–Trinajstić information content (AvgIpc) is 3.03. The number of alkyl halides is 3. The van der Waals surface area contributed by atoms with Gasteiger partial charge in [0.1, 0.15) is 24.1 Å². The Morgan fingerprint density at radius 3 is 2.69 bits per heavy atom. The first kappa shape index (κ1) is 20.6. The second-order valence-electron chi connectivity index (χ2n) is 6.01. The molecular weight excluding hydrogens is 415 g/mol. The number of hydrogen-bond donors (Lipinski definition) is 2. The van der Waals surface area contributed by atoms with Gasteiger partial charge in [0.25, 0.3) is 5.56 Å². The fraction of sp³-hybridized carbons (Fsp3) is 0.312. The number of nitrogens with zero attached hydrogens (tertiary/aromatic N) is 5. The summed E-state index contributed by atoms with van der Waals surface area (Å²) < 4.78 is 40.4. The van der Waals surface area contributed by atoms with Crippen molar-refractivity contribution in [2.24, 2.45) is 7.05 Å². The molecule has 3 aromatic heterocycles. The van der Waals surface area contributed by atoms with E-state index in [0.29, 0.717) is 17.2 Å². The Hall–Kier alpha value is -3.15. The SMILES string of the molecule is Cn1ncc2c(=O)n(CC(=O)NCCNc3ncc(C(F)(F)F)cc3Cl)cnc21. The van der Waals surface area contributed by atoms with Crippen molar-refractivity contribution in [3.8, 4) is 0 Å². The number of nitrogens with one attached hydrogen (secondary N) is 2. The predicted molar refractivity (Wildman–Crippen MR) is 98.5 cm³/mol. The summed E-state index contributed by atoms with van der Waals surface area (Å²) >= 11 is 5.79. The standard InChI is InChI=1S/C16H15ClF3N7O2/c1-26-14-10(6-25-26)15(29)27(8-24-14)7-12(28)21-2-3-22-13-11(17)4-9(5-23-13)16(18,19)20/h4-6,8H,2-3,7H2,1H3,(H,21,28)(H,22,23). The van der Waals surface area contributed by atoms with E-state index in [2.05, 4.69) is 25.7 Å². The minimum absolute atomic E-state index is 0.0661. The van der Waals surface area contributed by atoms with Gasteiger partial charge in [-0.1, -0.05) is 11.6 Å². The normalized spacial score (nSPS) is 11.6. The molecule has 0 saturated carbocycles. The van der Waals surface area contributed by atoms with E-state index >= 15 is 0 Å². The molecule has 154 valence electrons.